The molecule has 0 aliphatic carbocycles. The zero-order chi connectivity index (χ0) is 17.8. The predicted octanol–water partition coefficient (Wildman–Crippen LogP) is 1.75. The Morgan fingerprint density at radius 3 is 2.48 bits per heavy atom. The molecule has 1 amide bonds. The van der Waals surface area contributed by atoms with Crippen LogP contribution in [-0.2, 0) is 0 Å². The summed E-state index contributed by atoms with van der Waals surface area (Å²) >= 11 is 0. The van der Waals surface area contributed by atoms with Crippen molar-refractivity contribution in [3.8, 4) is 5.75 Å². The van der Waals surface area contributed by atoms with E-state index in [2.05, 4.69) is 9.88 Å². The molecule has 1 fully saturated rings. The molecule has 25 heavy (non-hydrogen) atoms. The van der Waals surface area contributed by atoms with Gasteiger partial charge in [0.1, 0.15) is 11.4 Å². The Kier molecular flexibility index (Phi) is 4.83. The van der Waals surface area contributed by atoms with Gasteiger partial charge in [-0.1, -0.05) is 6.07 Å². The van der Waals surface area contributed by atoms with E-state index in [1.54, 1.807) is 37.6 Å². The lowest BCUT2D eigenvalue weighted by Crippen LogP contribution is -2.48. The fourth-order valence-corrected chi connectivity index (χ4v) is 2.81. The normalized spacial score (nSPS) is 14.3. The molecule has 130 valence electrons. The van der Waals surface area contributed by atoms with E-state index in [9.17, 15) is 9.59 Å². The number of carbonyl (C=O) groups is 2. The van der Waals surface area contributed by atoms with Gasteiger partial charge >= 0.3 is 5.97 Å². The van der Waals surface area contributed by atoms with E-state index in [4.69, 9.17) is 9.84 Å². The molecule has 0 unspecified atom stereocenters. The van der Waals surface area contributed by atoms with Gasteiger partial charge in [0.25, 0.3) is 5.91 Å². The highest BCUT2D eigenvalue weighted by molar-refractivity contribution is 5.94. The molecule has 2 aromatic rings. The third kappa shape index (κ3) is 3.71. The van der Waals surface area contributed by atoms with E-state index >= 15 is 0 Å². The summed E-state index contributed by atoms with van der Waals surface area (Å²) in [5, 5.41) is 8.90. The number of methoxy groups -OCH3 is 1. The molecule has 1 saturated heterocycles. The first-order valence-electron chi connectivity index (χ1n) is 7.96. The molecule has 0 bridgehead atoms. The third-order valence-corrected chi connectivity index (χ3v) is 4.22. The Morgan fingerprint density at radius 2 is 1.88 bits per heavy atom. The molecular formula is C18H19N3O4. The number of hydrogen-bond acceptors (Lipinski definition) is 5. The smallest absolute Gasteiger partial charge is 0.354 e. The van der Waals surface area contributed by atoms with Crippen LogP contribution in [0.15, 0.2) is 42.6 Å². The van der Waals surface area contributed by atoms with E-state index < -0.39 is 5.97 Å². The van der Waals surface area contributed by atoms with Gasteiger partial charge in [-0.2, -0.15) is 0 Å². The van der Waals surface area contributed by atoms with E-state index in [1.807, 2.05) is 11.0 Å². The highest BCUT2D eigenvalue weighted by atomic mass is 16.5. The van der Waals surface area contributed by atoms with E-state index in [0.717, 1.165) is 5.69 Å². The van der Waals surface area contributed by atoms with Gasteiger partial charge in [-0.15, -0.1) is 0 Å². The van der Waals surface area contributed by atoms with Crippen LogP contribution in [0.2, 0.25) is 0 Å². The van der Waals surface area contributed by atoms with Crippen LogP contribution in [0.5, 0.6) is 5.75 Å². The molecule has 1 aromatic heterocycles. The van der Waals surface area contributed by atoms with Crippen molar-refractivity contribution in [3.05, 3.63) is 53.9 Å². The number of nitrogens with zero attached hydrogens (tertiary/aromatic N) is 3. The predicted molar refractivity (Wildman–Crippen MR) is 92.3 cm³/mol. The molecule has 1 N–H and O–H groups in total. The number of rotatable bonds is 4. The minimum Gasteiger partial charge on any atom is -0.497 e. The summed E-state index contributed by atoms with van der Waals surface area (Å²) in [5.41, 5.74) is 1.49. The fourth-order valence-electron chi connectivity index (χ4n) is 2.81. The van der Waals surface area contributed by atoms with Gasteiger partial charge in [0.15, 0.2) is 0 Å². The maximum Gasteiger partial charge on any atom is 0.354 e. The Morgan fingerprint density at radius 1 is 1.12 bits per heavy atom. The number of ether oxygens (including phenoxy) is 1. The SMILES string of the molecule is COc1cccc(C(=O)N2CCN(c3ccc(C(=O)O)nc3)CC2)c1. The molecule has 0 atom stereocenters. The first kappa shape index (κ1) is 16.8. The lowest BCUT2D eigenvalue weighted by Gasteiger charge is -2.36. The summed E-state index contributed by atoms with van der Waals surface area (Å²) in [6, 6.07) is 10.4. The summed E-state index contributed by atoms with van der Waals surface area (Å²) in [6.45, 7) is 2.53. The Hall–Kier alpha value is -3.09. The van der Waals surface area contributed by atoms with Crippen molar-refractivity contribution in [2.75, 3.05) is 38.2 Å². The number of carbonyl (C=O) groups excluding carboxylic acids is 1. The second-order valence-electron chi connectivity index (χ2n) is 5.72. The average Bonchev–Trinajstić information content (AvgIpc) is 2.67. The van der Waals surface area contributed by atoms with E-state index in [1.165, 1.54) is 6.07 Å². The minimum absolute atomic E-state index is 0.0158. The largest absolute Gasteiger partial charge is 0.497 e. The topological polar surface area (TPSA) is 83.0 Å². The first-order chi connectivity index (χ1) is 12.1. The van der Waals surface area contributed by atoms with Crippen molar-refractivity contribution in [2.24, 2.45) is 0 Å². The zero-order valence-electron chi connectivity index (χ0n) is 13.9. The second-order valence-corrected chi connectivity index (χ2v) is 5.72. The zero-order valence-corrected chi connectivity index (χ0v) is 13.9. The average molecular weight is 341 g/mol. The fraction of sp³-hybridized carbons (Fsp3) is 0.278. The molecular weight excluding hydrogens is 322 g/mol. The summed E-state index contributed by atoms with van der Waals surface area (Å²) in [4.78, 5) is 31.3. The number of piperazine rings is 1. The second kappa shape index (κ2) is 7.21. The van der Waals surface area contributed by atoms with Gasteiger partial charge in [-0.05, 0) is 30.3 Å². The van der Waals surface area contributed by atoms with Crippen molar-refractivity contribution in [1.29, 1.82) is 0 Å². The van der Waals surface area contributed by atoms with E-state index in [0.29, 0.717) is 37.5 Å². The van der Waals surface area contributed by atoms with Crippen LogP contribution in [0.25, 0.3) is 0 Å². The quantitative estimate of drug-likeness (QED) is 0.912. The van der Waals surface area contributed by atoms with Crippen LogP contribution in [-0.4, -0.2) is 60.2 Å². The Balaban J connectivity index is 1.63. The number of carboxylic acid groups (broad SMARTS) is 1. The Bertz CT molecular complexity index is 768. The van der Waals surface area contributed by atoms with Gasteiger partial charge in [0, 0.05) is 31.7 Å². The van der Waals surface area contributed by atoms with Crippen molar-refractivity contribution in [1.82, 2.24) is 9.88 Å². The van der Waals surface area contributed by atoms with E-state index in [-0.39, 0.29) is 11.6 Å². The maximum atomic E-state index is 12.6. The number of aromatic nitrogens is 1. The maximum absolute atomic E-state index is 12.6. The summed E-state index contributed by atoms with van der Waals surface area (Å²) in [5.74, 6) is -0.396. The first-order valence-corrected chi connectivity index (χ1v) is 7.96. The Labute approximate surface area is 145 Å². The number of hydrogen-bond donors (Lipinski definition) is 1. The van der Waals surface area contributed by atoms with Gasteiger partial charge in [0.05, 0.1) is 19.0 Å². The minimum atomic E-state index is -1.04. The third-order valence-electron chi connectivity index (χ3n) is 4.22. The van der Waals surface area contributed by atoms with Gasteiger partial charge in [-0.25, -0.2) is 9.78 Å². The number of anilines is 1. The summed E-state index contributed by atoms with van der Waals surface area (Å²) in [7, 11) is 1.58. The van der Waals surface area contributed by atoms with Crippen molar-refractivity contribution < 1.29 is 19.4 Å². The van der Waals surface area contributed by atoms with Crippen LogP contribution in [0.4, 0.5) is 5.69 Å². The van der Waals surface area contributed by atoms with Crippen LogP contribution in [0.1, 0.15) is 20.8 Å². The van der Waals surface area contributed by atoms with Crippen molar-refractivity contribution >= 4 is 17.6 Å². The number of benzene rings is 1. The van der Waals surface area contributed by atoms with Crippen LogP contribution in [0.3, 0.4) is 0 Å². The summed E-state index contributed by atoms with van der Waals surface area (Å²) < 4.78 is 5.17. The van der Waals surface area contributed by atoms with Gasteiger partial charge < -0.3 is 19.6 Å². The number of aromatic carboxylic acids is 1. The molecule has 1 aliphatic rings. The van der Waals surface area contributed by atoms with Gasteiger partial charge in [0.2, 0.25) is 0 Å². The molecule has 0 spiro atoms. The molecule has 0 saturated carbocycles. The van der Waals surface area contributed by atoms with Crippen LogP contribution < -0.4 is 9.64 Å². The van der Waals surface area contributed by atoms with Crippen molar-refractivity contribution in [3.63, 3.8) is 0 Å². The van der Waals surface area contributed by atoms with Crippen LogP contribution in [0, 0.1) is 0 Å². The summed E-state index contributed by atoms with van der Waals surface area (Å²) in [6.07, 6.45) is 1.56. The number of carboxylic acids is 1. The molecule has 2 heterocycles. The lowest BCUT2D eigenvalue weighted by molar-refractivity contribution is 0.0688. The standard InChI is InChI=1S/C18H19N3O4/c1-25-15-4-2-3-13(11-15)17(22)21-9-7-20(8-10-21)14-5-6-16(18(23)24)19-12-14/h2-6,11-12H,7-10H2,1H3,(H,23,24). The lowest BCUT2D eigenvalue weighted by atomic mass is 10.1. The number of pyridine rings is 1. The van der Waals surface area contributed by atoms with Crippen LogP contribution >= 0.6 is 0 Å². The van der Waals surface area contributed by atoms with Gasteiger partial charge in [-0.3, -0.25) is 4.79 Å². The highest BCUT2D eigenvalue weighted by Gasteiger charge is 2.23. The van der Waals surface area contributed by atoms with Crippen molar-refractivity contribution in [2.45, 2.75) is 0 Å². The molecule has 1 aliphatic heterocycles. The molecule has 7 nitrogen and oxygen atoms in total. The highest BCUT2D eigenvalue weighted by Crippen LogP contribution is 2.18. The number of amides is 1. The monoisotopic (exact) mass is 341 g/mol. The molecule has 3 rings (SSSR count). The molecule has 1 aromatic carbocycles. The molecule has 0 radical (unpaired) electrons. The molecule has 7 heteroatoms.